The summed E-state index contributed by atoms with van der Waals surface area (Å²) in [6, 6.07) is 6.49. The molecule has 1 fully saturated rings. The van der Waals surface area contributed by atoms with E-state index in [0.717, 1.165) is 67.6 Å². The molecule has 0 unspecified atom stereocenters. The highest BCUT2D eigenvalue weighted by atomic mass is 16.6. The number of nitrogens with one attached hydrogen (secondary N) is 1. The zero-order valence-corrected chi connectivity index (χ0v) is 17.3. The Morgan fingerprint density at radius 3 is 2.80 bits per heavy atom. The molecule has 0 radical (unpaired) electrons. The fourth-order valence-electron chi connectivity index (χ4n) is 4.43. The van der Waals surface area contributed by atoms with Gasteiger partial charge in [0.25, 0.3) is 0 Å². The number of likely N-dealkylation sites (tertiary alicyclic amines) is 1. The van der Waals surface area contributed by atoms with Crippen molar-refractivity contribution in [2.24, 2.45) is 0 Å². The average Bonchev–Trinajstić information content (AvgIpc) is 3.21. The van der Waals surface area contributed by atoms with E-state index in [2.05, 4.69) is 20.9 Å². The van der Waals surface area contributed by atoms with Gasteiger partial charge >= 0.3 is 0 Å². The first kappa shape index (κ1) is 19.4. The molecule has 1 saturated heterocycles. The van der Waals surface area contributed by atoms with E-state index >= 15 is 0 Å². The molecule has 4 heterocycles. The molecule has 1 atom stereocenters. The van der Waals surface area contributed by atoms with Gasteiger partial charge in [0, 0.05) is 38.2 Å². The highest BCUT2D eigenvalue weighted by Crippen LogP contribution is 2.35. The van der Waals surface area contributed by atoms with E-state index in [9.17, 15) is 4.79 Å². The summed E-state index contributed by atoms with van der Waals surface area (Å²) < 4.78 is 19.7. The molecular weight excluding hydrogens is 384 g/mol. The number of hydrogen-bond acceptors (Lipinski definition) is 6. The van der Waals surface area contributed by atoms with Crippen LogP contribution in [-0.2, 0) is 22.7 Å². The van der Waals surface area contributed by atoms with Crippen molar-refractivity contribution in [2.45, 2.75) is 45.1 Å². The van der Waals surface area contributed by atoms with Crippen LogP contribution in [0.5, 0.6) is 11.5 Å². The Kier molecular flexibility index (Phi) is 5.35. The fourth-order valence-corrected chi connectivity index (χ4v) is 4.43. The maximum atomic E-state index is 11.5. The molecule has 0 bridgehead atoms. The molecule has 8 heteroatoms. The summed E-state index contributed by atoms with van der Waals surface area (Å²) in [6.07, 6.45) is 3.99. The SMILES string of the molecule is CC(=O)N1CCC(NC[C@H]2Cn3c(-c4ccc5c(c4)OCCO5)cnc3CO2)CC1. The molecular formula is C22H28N4O4. The number of hydrogen-bond donors (Lipinski definition) is 1. The van der Waals surface area contributed by atoms with E-state index in [0.29, 0.717) is 25.9 Å². The molecule has 3 aliphatic rings. The largest absolute Gasteiger partial charge is 0.486 e. The number of aromatic nitrogens is 2. The van der Waals surface area contributed by atoms with Crippen LogP contribution >= 0.6 is 0 Å². The quantitative estimate of drug-likeness (QED) is 0.826. The minimum absolute atomic E-state index is 0.0912. The third kappa shape index (κ3) is 3.89. The van der Waals surface area contributed by atoms with Gasteiger partial charge in [0.2, 0.25) is 5.91 Å². The first-order valence-electron chi connectivity index (χ1n) is 10.7. The van der Waals surface area contributed by atoms with Crippen molar-refractivity contribution in [1.29, 1.82) is 0 Å². The molecule has 0 saturated carbocycles. The molecule has 1 aromatic heterocycles. The van der Waals surface area contributed by atoms with Crippen LogP contribution in [0.2, 0.25) is 0 Å². The summed E-state index contributed by atoms with van der Waals surface area (Å²) >= 11 is 0. The van der Waals surface area contributed by atoms with Gasteiger partial charge in [0.05, 0.1) is 24.5 Å². The van der Waals surface area contributed by atoms with Crippen LogP contribution in [0.25, 0.3) is 11.3 Å². The predicted octanol–water partition coefficient (Wildman–Crippen LogP) is 1.82. The number of rotatable bonds is 4. The molecule has 0 aliphatic carbocycles. The van der Waals surface area contributed by atoms with Crippen LogP contribution in [0, 0.1) is 0 Å². The summed E-state index contributed by atoms with van der Waals surface area (Å²) in [6.45, 7) is 6.55. The van der Waals surface area contributed by atoms with Crippen molar-refractivity contribution in [3.8, 4) is 22.8 Å². The summed E-state index contributed by atoms with van der Waals surface area (Å²) in [7, 11) is 0. The summed E-state index contributed by atoms with van der Waals surface area (Å²) in [5, 5.41) is 3.64. The van der Waals surface area contributed by atoms with Gasteiger partial charge in [-0.2, -0.15) is 0 Å². The number of nitrogens with zero attached hydrogens (tertiary/aromatic N) is 3. The van der Waals surface area contributed by atoms with Gasteiger partial charge < -0.3 is 29.0 Å². The lowest BCUT2D eigenvalue weighted by molar-refractivity contribution is -0.129. The number of ether oxygens (including phenoxy) is 3. The first-order chi connectivity index (χ1) is 14.7. The van der Waals surface area contributed by atoms with Crippen molar-refractivity contribution in [3.63, 3.8) is 0 Å². The van der Waals surface area contributed by atoms with Crippen molar-refractivity contribution < 1.29 is 19.0 Å². The van der Waals surface area contributed by atoms with E-state index in [-0.39, 0.29) is 12.0 Å². The highest BCUT2D eigenvalue weighted by Gasteiger charge is 2.26. The molecule has 8 nitrogen and oxygen atoms in total. The standard InChI is InChI=1S/C22H28N4O4/c1-15(27)25-6-4-17(5-7-25)23-11-18-13-26-19(12-24-22(26)14-30-18)16-2-3-20-21(10-16)29-9-8-28-20/h2-3,10,12,17-18,23H,4-9,11,13-14H2,1H3/t18-/m0/s1. The average molecular weight is 412 g/mol. The van der Waals surface area contributed by atoms with Crippen LogP contribution in [0.3, 0.4) is 0 Å². The fraction of sp³-hybridized carbons (Fsp3) is 0.545. The minimum Gasteiger partial charge on any atom is -0.486 e. The number of imidazole rings is 1. The van der Waals surface area contributed by atoms with Crippen molar-refractivity contribution in [3.05, 3.63) is 30.2 Å². The lowest BCUT2D eigenvalue weighted by Gasteiger charge is -2.33. The third-order valence-corrected chi connectivity index (χ3v) is 6.18. The molecule has 2 aromatic rings. The lowest BCUT2D eigenvalue weighted by Crippen LogP contribution is -2.47. The zero-order valence-electron chi connectivity index (χ0n) is 17.3. The summed E-state index contributed by atoms with van der Waals surface area (Å²) in [4.78, 5) is 18.0. The van der Waals surface area contributed by atoms with Crippen LogP contribution in [0.1, 0.15) is 25.6 Å². The smallest absolute Gasteiger partial charge is 0.219 e. The summed E-state index contributed by atoms with van der Waals surface area (Å²) in [5.41, 5.74) is 2.15. The first-order valence-corrected chi connectivity index (χ1v) is 10.7. The van der Waals surface area contributed by atoms with Crippen LogP contribution in [0.15, 0.2) is 24.4 Å². The van der Waals surface area contributed by atoms with Gasteiger partial charge in [-0.1, -0.05) is 0 Å². The summed E-state index contributed by atoms with van der Waals surface area (Å²) in [5.74, 6) is 2.70. The van der Waals surface area contributed by atoms with E-state index < -0.39 is 0 Å². The molecule has 1 amide bonds. The Morgan fingerprint density at radius 2 is 2.00 bits per heavy atom. The maximum Gasteiger partial charge on any atom is 0.219 e. The topological polar surface area (TPSA) is 77.9 Å². The van der Waals surface area contributed by atoms with Crippen LogP contribution in [-0.4, -0.2) is 65.4 Å². The van der Waals surface area contributed by atoms with Crippen LogP contribution in [0.4, 0.5) is 0 Å². The Labute approximate surface area is 176 Å². The molecule has 3 aliphatic heterocycles. The van der Waals surface area contributed by atoms with Crippen molar-refractivity contribution in [1.82, 2.24) is 19.8 Å². The van der Waals surface area contributed by atoms with Gasteiger partial charge in [-0.15, -0.1) is 0 Å². The Hall–Kier alpha value is -2.58. The Bertz CT molecular complexity index is 920. The minimum atomic E-state index is 0.0912. The zero-order chi connectivity index (χ0) is 20.5. The monoisotopic (exact) mass is 412 g/mol. The maximum absolute atomic E-state index is 11.5. The van der Waals surface area contributed by atoms with Crippen molar-refractivity contribution in [2.75, 3.05) is 32.8 Å². The number of piperidine rings is 1. The number of fused-ring (bicyclic) bond motifs is 2. The second-order valence-corrected chi connectivity index (χ2v) is 8.15. The predicted molar refractivity (Wildman–Crippen MR) is 111 cm³/mol. The Balaban J connectivity index is 1.23. The normalized spacial score (nSPS) is 21.4. The Morgan fingerprint density at radius 1 is 1.20 bits per heavy atom. The number of carbonyl (C=O) groups is 1. The van der Waals surface area contributed by atoms with E-state index in [1.807, 2.05) is 23.2 Å². The number of carbonyl (C=O) groups excluding carboxylic acids is 1. The lowest BCUT2D eigenvalue weighted by atomic mass is 10.0. The molecule has 5 rings (SSSR count). The van der Waals surface area contributed by atoms with E-state index in [1.165, 1.54) is 0 Å². The molecule has 160 valence electrons. The van der Waals surface area contributed by atoms with Gasteiger partial charge in [0.15, 0.2) is 11.5 Å². The molecule has 30 heavy (non-hydrogen) atoms. The molecule has 1 aromatic carbocycles. The van der Waals surface area contributed by atoms with E-state index in [4.69, 9.17) is 14.2 Å². The molecule has 1 N–H and O–H groups in total. The second-order valence-electron chi connectivity index (χ2n) is 8.15. The highest BCUT2D eigenvalue weighted by molar-refractivity contribution is 5.73. The van der Waals surface area contributed by atoms with Gasteiger partial charge in [-0.25, -0.2) is 4.98 Å². The van der Waals surface area contributed by atoms with Crippen molar-refractivity contribution >= 4 is 5.91 Å². The third-order valence-electron chi connectivity index (χ3n) is 6.18. The van der Waals surface area contributed by atoms with Gasteiger partial charge in [0.1, 0.15) is 25.6 Å². The number of benzene rings is 1. The second kappa shape index (κ2) is 8.28. The van der Waals surface area contributed by atoms with Gasteiger partial charge in [-0.05, 0) is 31.0 Å². The van der Waals surface area contributed by atoms with Gasteiger partial charge in [-0.3, -0.25) is 4.79 Å². The van der Waals surface area contributed by atoms with Crippen LogP contribution < -0.4 is 14.8 Å². The van der Waals surface area contributed by atoms with E-state index in [1.54, 1.807) is 6.92 Å². The molecule has 0 spiro atoms. The number of amides is 1.